The van der Waals surface area contributed by atoms with Crippen LogP contribution in [0.4, 0.5) is 11.4 Å². The van der Waals surface area contributed by atoms with Crippen molar-refractivity contribution in [1.82, 2.24) is 4.98 Å². The van der Waals surface area contributed by atoms with E-state index in [2.05, 4.69) is 4.98 Å². The van der Waals surface area contributed by atoms with Crippen molar-refractivity contribution in [2.45, 2.75) is 23.7 Å². The van der Waals surface area contributed by atoms with Gasteiger partial charge in [0.15, 0.2) is 9.84 Å². The number of benzene rings is 2. The Kier molecular flexibility index (Phi) is 5.15. The Morgan fingerprint density at radius 2 is 1.93 bits per heavy atom. The smallest absolute Gasteiger partial charge is 0.311 e. The van der Waals surface area contributed by atoms with Crippen LogP contribution in [0.3, 0.4) is 0 Å². The van der Waals surface area contributed by atoms with Gasteiger partial charge in [0.2, 0.25) is 0 Å². The molecule has 2 aromatic carbocycles. The zero-order valence-corrected chi connectivity index (χ0v) is 17.6. The van der Waals surface area contributed by atoms with Crippen molar-refractivity contribution in [2.75, 3.05) is 31.4 Å². The molecule has 0 radical (unpaired) electrons. The number of nitrogens with zero attached hydrogens (tertiary/aromatic N) is 2. The van der Waals surface area contributed by atoms with Gasteiger partial charge < -0.3 is 14.6 Å². The van der Waals surface area contributed by atoms with Crippen molar-refractivity contribution in [3.8, 4) is 5.75 Å². The maximum atomic E-state index is 12.0. The summed E-state index contributed by atoms with van der Waals surface area (Å²) in [5.74, 6) is 1.10. The number of sulfone groups is 1. The Morgan fingerprint density at radius 1 is 1.20 bits per heavy atom. The van der Waals surface area contributed by atoms with E-state index in [1.165, 1.54) is 11.6 Å². The number of hydrogen-bond donors (Lipinski definition) is 1. The zero-order chi connectivity index (χ0) is 21.5. The first-order valence-electron chi connectivity index (χ1n) is 9.67. The number of aromatic amines is 1. The van der Waals surface area contributed by atoms with Crippen LogP contribution in [-0.2, 0) is 9.84 Å². The van der Waals surface area contributed by atoms with Crippen LogP contribution in [0.25, 0.3) is 10.9 Å². The molecule has 2 heterocycles. The lowest BCUT2D eigenvalue weighted by atomic mass is 9.89. The molecule has 0 aliphatic carbocycles. The summed E-state index contributed by atoms with van der Waals surface area (Å²) in [6, 6.07) is 10.4. The van der Waals surface area contributed by atoms with Gasteiger partial charge in [0.05, 0.1) is 12.0 Å². The number of nitro benzene ring substituents is 1. The number of nitrogens with one attached hydrogen (secondary N) is 1. The van der Waals surface area contributed by atoms with Gasteiger partial charge in [-0.25, -0.2) is 8.42 Å². The Hall–Kier alpha value is -3.07. The van der Waals surface area contributed by atoms with Crippen molar-refractivity contribution in [3.05, 3.63) is 58.3 Å². The van der Waals surface area contributed by atoms with Crippen LogP contribution in [0.1, 0.15) is 24.3 Å². The molecule has 8 nitrogen and oxygen atoms in total. The Labute approximate surface area is 174 Å². The van der Waals surface area contributed by atoms with E-state index in [0.29, 0.717) is 24.7 Å². The number of rotatable bonds is 5. The van der Waals surface area contributed by atoms with Crippen molar-refractivity contribution >= 4 is 32.1 Å². The third-order valence-electron chi connectivity index (χ3n) is 5.76. The van der Waals surface area contributed by atoms with Gasteiger partial charge in [0.1, 0.15) is 16.3 Å². The van der Waals surface area contributed by atoms with Gasteiger partial charge in [0, 0.05) is 36.4 Å². The zero-order valence-electron chi connectivity index (χ0n) is 16.8. The second kappa shape index (κ2) is 7.64. The van der Waals surface area contributed by atoms with Crippen LogP contribution < -0.4 is 9.64 Å². The number of fused-ring (bicyclic) bond motifs is 1. The Bertz CT molecular complexity index is 1210. The first-order chi connectivity index (χ1) is 14.3. The van der Waals surface area contributed by atoms with Crippen LogP contribution in [-0.4, -0.2) is 44.8 Å². The van der Waals surface area contributed by atoms with Crippen LogP contribution in [0, 0.1) is 10.1 Å². The molecular weight excluding hydrogens is 406 g/mol. The molecular formula is C21H23N3O5S. The molecule has 1 aliphatic rings. The van der Waals surface area contributed by atoms with E-state index in [9.17, 15) is 18.5 Å². The fraction of sp³-hybridized carbons (Fsp3) is 0.333. The molecule has 0 unspecified atom stereocenters. The van der Waals surface area contributed by atoms with E-state index in [0.717, 1.165) is 35.7 Å². The predicted octanol–water partition coefficient (Wildman–Crippen LogP) is 3.87. The highest BCUT2D eigenvalue weighted by Gasteiger charge is 2.31. The van der Waals surface area contributed by atoms with Crippen LogP contribution in [0.15, 0.2) is 47.5 Å². The second-order valence-corrected chi connectivity index (χ2v) is 9.55. The summed E-state index contributed by atoms with van der Waals surface area (Å²) in [7, 11) is -2.06. The summed E-state index contributed by atoms with van der Waals surface area (Å²) in [5.41, 5.74) is 2.28. The molecule has 1 fully saturated rings. The maximum absolute atomic E-state index is 12.0. The summed E-state index contributed by atoms with van der Waals surface area (Å²) >= 11 is 0. The molecule has 158 valence electrons. The predicted molar refractivity (Wildman–Crippen MR) is 115 cm³/mol. The summed E-state index contributed by atoms with van der Waals surface area (Å²) in [4.78, 5) is 16.1. The summed E-state index contributed by atoms with van der Waals surface area (Å²) in [6.07, 6.45) is 4.64. The molecule has 0 amide bonds. The molecule has 4 rings (SSSR count). The average Bonchev–Trinajstić information content (AvgIpc) is 3.15. The van der Waals surface area contributed by atoms with Gasteiger partial charge in [-0.1, -0.05) is 6.07 Å². The van der Waals surface area contributed by atoms with E-state index in [4.69, 9.17) is 4.74 Å². The lowest BCUT2D eigenvalue weighted by Crippen LogP contribution is -2.33. The SMILES string of the molecule is COc1ccc2[nH]cc(C3CCN(c4cccc(S(C)(=O)=O)c4[N+](=O)[O-])CC3)c2c1. The minimum Gasteiger partial charge on any atom is -0.497 e. The minimum absolute atomic E-state index is 0.240. The van der Waals surface area contributed by atoms with E-state index < -0.39 is 14.8 Å². The van der Waals surface area contributed by atoms with Crippen LogP contribution >= 0.6 is 0 Å². The van der Waals surface area contributed by atoms with Gasteiger partial charge in [-0.3, -0.25) is 10.1 Å². The van der Waals surface area contributed by atoms with Gasteiger partial charge in [-0.2, -0.15) is 0 Å². The number of aromatic nitrogens is 1. The molecule has 1 aromatic heterocycles. The standard InChI is InChI=1S/C21H23N3O5S/c1-29-15-6-7-18-16(12-15)17(13-22-18)14-8-10-23(11-9-14)19-4-3-5-20(30(2,27)28)21(19)24(25)26/h3-7,12-14,22H,8-11H2,1-2H3. The largest absolute Gasteiger partial charge is 0.497 e. The summed E-state index contributed by atoms with van der Waals surface area (Å²) in [5, 5.41) is 12.8. The number of para-hydroxylation sites is 1. The first-order valence-corrected chi connectivity index (χ1v) is 11.6. The van der Waals surface area contributed by atoms with E-state index in [1.807, 2.05) is 29.3 Å². The third-order valence-corrected chi connectivity index (χ3v) is 6.88. The number of anilines is 1. The van der Waals surface area contributed by atoms with Crippen LogP contribution in [0.5, 0.6) is 5.75 Å². The number of piperidine rings is 1. The maximum Gasteiger partial charge on any atom is 0.311 e. The first kappa shape index (κ1) is 20.2. The summed E-state index contributed by atoms with van der Waals surface area (Å²) in [6.45, 7) is 1.21. The van der Waals surface area contributed by atoms with Gasteiger partial charge >= 0.3 is 5.69 Å². The monoisotopic (exact) mass is 429 g/mol. The number of nitro groups is 1. The lowest BCUT2D eigenvalue weighted by molar-refractivity contribution is -0.387. The molecule has 1 aliphatic heterocycles. The Balaban J connectivity index is 1.61. The fourth-order valence-electron chi connectivity index (χ4n) is 4.27. The highest BCUT2D eigenvalue weighted by Crippen LogP contribution is 2.39. The number of hydrogen-bond acceptors (Lipinski definition) is 6. The average molecular weight is 429 g/mol. The van der Waals surface area contributed by atoms with Gasteiger partial charge in [-0.05, 0) is 54.7 Å². The highest BCUT2D eigenvalue weighted by atomic mass is 32.2. The molecule has 1 N–H and O–H groups in total. The number of ether oxygens (including phenoxy) is 1. The fourth-order valence-corrected chi connectivity index (χ4v) is 5.12. The molecule has 0 atom stereocenters. The van der Waals surface area contributed by atoms with Gasteiger partial charge in [0.25, 0.3) is 0 Å². The summed E-state index contributed by atoms with van der Waals surface area (Å²) < 4.78 is 29.4. The molecule has 3 aromatic rings. The molecule has 1 saturated heterocycles. The van der Waals surface area contributed by atoms with E-state index >= 15 is 0 Å². The molecule has 30 heavy (non-hydrogen) atoms. The molecule has 0 spiro atoms. The lowest BCUT2D eigenvalue weighted by Gasteiger charge is -2.33. The minimum atomic E-state index is -3.70. The topological polar surface area (TPSA) is 106 Å². The van der Waals surface area contributed by atoms with E-state index in [1.54, 1.807) is 19.2 Å². The Morgan fingerprint density at radius 3 is 2.57 bits per heavy atom. The number of methoxy groups -OCH3 is 1. The van der Waals surface area contributed by atoms with Crippen molar-refractivity contribution in [2.24, 2.45) is 0 Å². The quantitative estimate of drug-likeness (QED) is 0.487. The number of H-pyrrole nitrogens is 1. The van der Waals surface area contributed by atoms with Crippen molar-refractivity contribution in [3.63, 3.8) is 0 Å². The van der Waals surface area contributed by atoms with Crippen molar-refractivity contribution in [1.29, 1.82) is 0 Å². The van der Waals surface area contributed by atoms with Crippen molar-refractivity contribution < 1.29 is 18.1 Å². The third kappa shape index (κ3) is 3.60. The molecule has 0 saturated carbocycles. The molecule has 0 bridgehead atoms. The van der Waals surface area contributed by atoms with Crippen LogP contribution in [0.2, 0.25) is 0 Å². The second-order valence-electron chi connectivity index (χ2n) is 7.57. The van der Waals surface area contributed by atoms with E-state index in [-0.39, 0.29) is 10.6 Å². The highest BCUT2D eigenvalue weighted by molar-refractivity contribution is 7.90. The van der Waals surface area contributed by atoms with Gasteiger partial charge in [-0.15, -0.1) is 0 Å². The molecule has 9 heteroatoms. The normalized spacial score (nSPS) is 15.5.